The molecule has 4 nitrogen and oxygen atoms in total. The number of esters is 1. The number of carbonyl (C=O) groups excluding carboxylic acids is 2. The van der Waals surface area contributed by atoms with Crippen molar-refractivity contribution in [2.24, 2.45) is 0 Å². The number of carbonyl (C=O) groups is 2. The quantitative estimate of drug-likeness (QED) is 0.228. The highest BCUT2D eigenvalue weighted by molar-refractivity contribution is 6.83. The fraction of sp³-hybridized carbons (Fsp3) is 0.810. The minimum Gasteiger partial charge on any atom is -0.517 e. The second-order valence-electron chi connectivity index (χ2n) is 10.3. The Morgan fingerprint density at radius 3 is 1.62 bits per heavy atom. The number of hydrogen-bond acceptors (Lipinski definition) is 4. The van der Waals surface area contributed by atoms with Crippen molar-refractivity contribution in [2.75, 3.05) is 6.61 Å². The van der Waals surface area contributed by atoms with E-state index >= 15 is 0 Å². The number of unbranched alkanes of at least 4 members (excludes halogenated alkanes) is 1. The lowest BCUT2D eigenvalue weighted by atomic mass is 10.2. The van der Waals surface area contributed by atoms with E-state index in [1.807, 2.05) is 0 Å². The standard InChI is InChI=1S/C21H40O4Si/c1-16(2)18(23)24-15-13-12-14-17(22)25-26(19(3,4)5,20(6,7)8)21(9,10)11/h1,12-15H2,2-11H3. The van der Waals surface area contributed by atoms with Crippen molar-refractivity contribution in [3.05, 3.63) is 12.2 Å². The molecule has 0 aliphatic heterocycles. The van der Waals surface area contributed by atoms with E-state index in [1.54, 1.807) is 6.92 Å². The van der Waals surface area contributed by atoms with E-state index in [1.165, 1.54) is 0 Å². The molecule has 0 aliphatic rings. The molecule has 0 saturated carbocycles. The Kier molecular flexibility index (Phi) is 8.35. The molecule has 0 aromatic heterocycles. The minimum absolute atomic E-state index is 0.0871. The summed E-state index contributed by atoms with van der Waals surface area (Å²) in [5.41, 5.74) is 0.390. The van der Waals surface area contributed by atoms with E-state index in [0.717, 1.165) is 0 Å². The Morgan fingerprint density at radius 2 is 1.27 bits per heavy atom. The van der Waals surface area contributed by atoms with Gasteiger partial charge in [-0.1, -0.05) is 68.9 Å². The Bertz CT molecular complexity index is 480. The van der Waals surface area contributed by atoms with Gasteiger partial charge in [0.15, 0.2) is 0 Å². The van der Waals surface area contributed by atoms with Crippen molar-refractivity contribution < 1.29 is 18.8 Å². The van der Waals surface area contributed by atoms with Crippen LogP contribution in [0.1, 0.15) is 88.5 Å². The van der Waals surface area contributed by atoms with Crippen molar-refractivity contribution in [3.63, 3.8) is 0 Å². The van der Waals surface area contributed by atoms with Crippen LogP contribution >= 0.6 is 0 Å². The van der Waals surface area contributed by atoms with Crippen LogP contribution in [0.2, 0.25) is 15.1 Å². The SMILES string of the molecule is C=C(C)C(=O)OCCCCC(=O)O[Si](C(C)(C)C)(C(C)(C)C)C(C)(C)C. The monoisotopic (exact) mass is 384 g/mol. The highest BCUT2D eigenvalue weighted by Crippen LogP contribution is 2.62. The fourth-order valence-electron chi connectivity index (χ4n) is 4.72. The third kappa shape index (κ3) is 5.97. The predicted molar refractivity (Wildman–Crippen MR) is 111 cm³/mol. The lowest BCUT2D eigenvalue weighted by molar-refractivity contribution is -0.139. The largest absolute Gasteiger partial charge is 0.517 e. The average Bonchev–Trinajstić information content (AvgIpc) is 2.39. The molecule has 0 aromatic carbocycles. The molecule has 0 aromatic rings. The molecule has 0 rings (SSSR count). The summed E-state index contributed by atoms with van der Waals surface area (Å²) in [5.74, 6) is -0.519. The van der Waals surface area contributed by atoms with Crippen LogP contribution in [0.15, 0.2) is 12.2 Å². The number of hydrogen-bond donors (Lipinski definition) is 0. The summed E-state index contributed by atoms with van der Waals surface area (Å²) < 4.78 is 11.4. The molecule has 0 bridgehead atoms. The van der Waals surface area contributed by atoms with Crippen molar-refractivity contribution in [3.8, 4) is 0 Å². The van der Waals surface area contributed by atoms with Crippen LogP contribution in [-0.2, 0) is 18.8 Å². The molecule has 5 heteroatoms. The molecule has 0 aliphatic carbocycles. The van der Waals surface area contributed by atoms with E-state index in [4.69, 9.17) is 9.16 Å². The Labute approximate surface area is 161 Å². The lowest BCUT2D eigenvalue weighted by Crippen LogP contribution is -2.61. The van der Waals surface area contributed by atoms with E-state index in [9.17, 15) is 9.59 Å². The molecule has 0 fully saturated rings. The topological polar surface area (TPSA) is 52.6 Å². The first-order valence-electron chi connectivity index (χ1n) is 9.52. The van der Waals surface area contributed by atoms with E-state index in [0.29, 0.717) is 31.4 Å². The first-order valence-corrected chi connectivity index (χ1v) is 11.4. The smallest absolute Gasteiger partial charge is 0.333 e. The predicted octanol–water partition coefficient (Wildman–Crippen LogP) is 6.17. The van der Waals surface area contributed by atoms with Crippen LogP contribution in [0.5, 0.6) is 0 Å². The zero-order valence-corrected chi connectivity index (χ0v) is 19.7. The maximum Gasteiger partial charge on any atom is 0.333 e. The molecular formula is C21H40O4Si. The summed E-state index contributed by atoms with van der Waals surface area (Å²) in [6, 6.07) is 0. The molecule has 0 heterocycles. The Morgan fingerprint density at radius 1 is 0.846 bits per heavy atom. The summed E-state index contributed by atoms with van der Waals surface area (Å²) in [6.07, 6.45) is 1.63. The van der Waals surface area contributed by atoms with E-state index in [2.05, 4.69) is 68.9 Å². The zero-order valence-electron chi connectivity index (χ0n) is 18.7. The highest BCUT2D eigenvalue weighted by Gasteiger charge is 2.64. The molecule has 0 unspecified atom stereocenters. The molecule has 26 heavy (non-hydrogen) atoms. The normalized spacial score (nSPS) is 13.3. The molecule has 0 atom stereocenters. The van der Waals surface area contributed by atoms with Gasteiger partial charge in [-0.3, -0.25) is 4.79 Å². The van der Waals surface area contributed by atoms with Crippen LogP contribution in [0, 0.1) is 0 Å². The minimum atomic E-state index is -2.51. The summed E-state index contributed by atoms with van der Waals surface area (Å²) in [4.78, 5) is 24.0. The van der Waals surface area contributed by atoms with Crippen LogP contribution in [0.25, 0.3) is 0 Å². The van der Waals surface area contributed by atoms with Gasteiger partial charge < -0.3 is 9.16 Å². The van der Waals surface area contributed by atoms with Crippen molar-refractivity contribution >= 4 is 20.3 Å². The third-order valence-electron chi connectivity index (χ3n) is 4.79. The van der Waals surface area contributed by atoms with Gasteiger partial charge in [0.05, 0.1) is 6.61 Å². The van der Waals surface area contributed by atoms with E-state index < -0.39 is 8.32 Å². The third-order valence-corrected chi connectivity index (χ3v) is 11.7. The van der Waals surface area contributed by atoms with Crippen molar-refractivity contribution in [1.82, 2.24) is 0 Å². The van der Waals surface area contributed by atoms with Gasteiger partial charge in [0, 0.05) is 12.0 Å². The molecule has 0 N–H and O–H groups in total. The molecule has 152 valence electrons. The Balaban J connectivity index is 5.03. The summed E-state index contributed by atoms with van der Waals surface area (Å²) in [5, 5.41) is -0.261. The zero-order chi connectivity index (χ0) is 21.0. The van der Waals surface area contributed by atoms with Crippen molar-refractivity contribution in [1.29, 1.82) is 0 Å². The molecular weight excluding hydrogens is 344 g/mol. The van der Waals surface area contributed by atoms with Gasteiger partial charge in [0.2, 0.25) is 0 Å². The van der Waals surface area contributed by atoms with Gasteiger partial charge in [-0.15, -0.1) is 0 Å². The van der Waals surface area contributed by atoms with Crippen molar-refractivity contribution in [2.45, 2.75) is 104 Å². The van der Waals surface area contributed by atoms with Gasteiger partial charge in [-0.05, 0) is 34.9 Å². The van der Waals surface area contributed by atoms with Gasteiger partial charge in [0.1, 0.15) is 0 Å². The van der Waals surface area contributed by atoms with Crippen LogP contribution in [0.4, 0.5) is 0 Å². The number of rotatable bonds is 7. The molecule has 0 saturated heterocycles. The maximum atomic E-state index is 12.7. The Hall–Kier alpha value is -1.10. The van der Waals surface area contributed by atoms with Gasteiger partial charge in [0.25, 0.3) is 14.3 Å². The number of ether oxygens (including phenoxy) is 1. The molecule has 0 radical (unpaired) electrons. The summed E-state index contributed by atoms with van der Waals surface area (Å²) in [7, 11) is -2.51. The second-order valence-corrected chi connectivity index (χ2v) is 16.3. The first kappa shape index (κ1) is 24.9. The summed E-state index contributed by atoms with van der Waals surface area (Å²) in [6.45, 7) is 25.2. The van der Waals surface area contributed by atoms with E-state index in [-0.39, 0.29) is 27.1 Å². The molecule has 0 spiro atoms. The molecule has 0 amide bonds. The van der Waals surface area contributed by atoms with Gasteiger partial charge in [-0.2, -0.15) is 0 Å². The highest BCUT2D eigenvalue weighted by atomic mass is 28.4. The van der Waals surface area contributed by atoms with Gasteiger partial charge >= 0.3 is 5.97 Å². The summed E-state index contributed by atoms with van der Waals surface area (Å²) >= 11 is 0. The average molecular weight is 385 g/mol. The van der Waals surface area contributed by atoms with Crippen LogP contribution in [0.3, 0.4) is 0 Å². The second kappa shape index (κ2) is 8.72. The van der Waals surface area contributed by atoms with Crippen LogP contribution < -0.4 is 0 Å². The van der Waals surface area contributed by atoms with Gasteiger partial charge in [-0.25, -0.2) is 4.79 Å². The lowest BCUT2D eigenvalue weighted by Gasteiger charge is -2.56. The first-order chi connectivity index (χ1) is 11.5. The maximum absolute atomic E-state index is 12.7. The van der Waals surface area contributed by atoms with Crippen LogP contribution in [-0.4, -0.2) is 26.9 Å². The fourth-order valence-corrected chi connectivity index (χ4v) is 12.8.